The molecule has 2 rings (SSSR count). The molecule has 1 heterocycles. The molecular weight excluding hydrogens is 381 g/mol. The highest BCUT2D eigenvalue weighted by Crippen LogP contribution is 2.20. The summed E-state index contributed by atoms with van der Waals surface area (Å²) in [6, 6.07) is 9.40. The van der Waals surface area contributed by atoms with Crippen LogP contribution in [0.5, 0.6) is 5.88 Å². The van der Waals surface area contributed by atoms with E-state index in [0.29, 0.717) is 11.1 Å². The first-order valence-corrected chi connectivity index (χ1v) is 7.16. The van der Waals surface area contributed by atoms with Crippen LogP contribution < -0.4 is 5.56 Å². The molecular formula is C15H12IN3O2. The first-order valence-electron chi connectivity index (χ1n) is 6.08. The predicted molar refractivity (Wildman–Crippen MR) is 89.2 cm³/mol. The highest BCUT2D eigenvalue weighted by molar-refractivity contribution is 14.1. The van der Waals surface area contributed by atoms with Crippen LogP contribution in [-0.2, 0) is 7.05 Å². The number of pyridine rings is 1. The molecule has 1 N–H and O–H groups in total. The quantitative estimate of drug-likeness (QED) is 0.630. The lowest BCUT2D eigenvalue weighted by molar-refractivity contribution is 0.421. The molecule has 1 aromatic heterocycles. The molecule has 106 valence electrons. The number of rotatable bonds is 2. The van der Waals surface area contributed by atoms with Gasteiger partial charge in [-0.05, 0) is 59.3 Å². The first kappa shape index (κ1) is 15.3. The Kier molecular flexibility index (Phi) is 4.43. The first-order chi connectivity index (χ1) is 9.95. The summed E-state index contributed by atoms with van der Waals surface area (Å²) in [7, 11) is 1.42. The SMILES string of the molecule is Cc1c(C=Nc2ccc(I)cc2)c(O)n(C)c(=O)c1C#N. The largest absolute Gasteiger partial charge is 0.494 e. The zero-order valence-corrected chi connectivity index (χ0v) is 13.6. The fourth-order valence-corrected chi connectivity index (χ4v) is 2.22. The highest BCUT2D eigenvalue weighted by Gasteiger charge is 2.15. The Labute approximate surface area is 135 Å². The van der Waals surface area contributed by atoms with Crippen LogP contribution in [0.3, 0.4) is 0 Å². The third-order valence-electron chi connectivity index (χ3n) is 3.14. The summed E-state index contributed by atoms with van der Waals surface area (Å²) < 4.78 is 2.14. The molecule has 0 unspecified atom stereocenters. The van der Waals surface area contributed by atoms with Crippen molar-refractivity contribution in [3.63, 3.8) is 0 Å². The van der Waals surface area contributed by atoms with E-state index < -0.39 is 5.56 Å². The van der Waals surface area contributed by atoms with Crippen LogP contribution in [0.1, 0.15) is 16.7 Å². The molecule has 0 atom stereocenters. The van der Waals surface area contributed by atoms with E-state index in [2.05, 4.69) is 27.6 Å². The molecule has 0 aliphatic rings. The van der Waals surface area contributed by atoms with Crippen molar-refractivity contribution >= 4 is 34.5 Å². The van der Waals surface area contributed by atoms with Crippen molar-refractivity contribution in [3.8, 4) is 11.9 Å². The fraction of sp³-hybridized carbons (Fsp3) is 0.133. The Morgan fingerprint density at radius 1 is 1.38 bits per heavy atom. The number of nitriles is 1. The number of aromatic hydroxyl groups is 1. The van der Waals surface area contributed by atoms with Crippen molar-refractivity contribution in [2.24, 2.45) is 12.0 Å². The van der Waals surface area contributed by atoms with E-state index in [-0.39, 0.29) is 11.4 Å². The van der Waals surface area contributed by atoms with Crippen LogP contribution in [0.15, 0.2) is 34.1 Å². The highest BCUT2D eigenvalue weighted by atomic mass is 127. The van der Waals surface area contributed by atoms with E-state index in [1.54, 1.807) is 6.92 Å². The lowest BCUT2D eigenvalue weighted by Crippen LogP contribution is -2.22. The second kappa shape index (κ2) is 6.10. The maximum atomic E-state index is 11.8. The Balaban J connectivity index is 2.55. The van der Waals surface area contributed by atoms with Gasteiger partial charge in [0.05, 0.1) is 11.3 Å². The maximum Gasteiger partial charge on any atom is 0.271 e. The van der Waals surface area contributed by atoms with Crippen molar-refractivity contribution in [3.05, 3.63) is 54.9 Å². The fourth-order valence-electron chi connectivity index (χ4n) is 1.86. The lowest BCUT2D eigenvalue weighted by Gasteiger charge is -2.09. The van der Waals surface area contributed by atoms with Gasteiger partial charge >= 0.3 is 0 Å². The Hall–Kier alpha value is -2.14. The van der Waals surface area contributed by atoms with Crippen LogP contribution in [0, 0.1) is 21.8 Å². The average Bonchev–Trinajstić information content (AvgIpc) is 2.47. The Morgan fingerprint density at radius 2 is 2.00 bits per heavy atom. The maximum absolute atomic E-state index is 11.8. The molecule has 2 aromatic rings. The van der Waals surface area contributed by atoms with E-state index in [9.17, 15) is 9.90 Å². The topological polar surface area (TPSA) is 78.4 Å². The summed E-state index contributed by atoms with van der Waals surface area (Å²) in [6.07, 6.45) is 1.47. The third-order valence-corrected chi connectivity index (χ3v) is 3.86. The zero-order valence-electron chi connectivity index (χ0n) is 11.5. The second-order valence-corrected chi connectivity index (χ2v) is 5.69. The summed E-state index contributed by atoms with van der Waals surface area (Å²) in [5, 5.41) is 19.1. The lowest BCUT2D eigenvalue weighted by atomic mass is 10.1. The van der Waals surface area contributed by atoms with E-state index in [0.717, 1.165) is 13.8 Å². The van der Waals surface area contributed by atoms with E-state index in [1.807, 2.05) is 30.3 Å². The smallest absolute Gasteiger partial charge is 0.271 e. The monoisotopic (exact) mass is 393 g/mol. The molecule has 0 spiro atoms. The van der Waals surface area contributed by atoms with E-state index in [4.69, 9.17) is 5.26 Å². The minimum absolute atomic E-state index is 0.0133. The number of aliphatic imine (C=N–C) groups is 1. The summed E-state index contributed by atoms with van der Waals surface area (Å²) >= 11 is 2.20. The van der Waals surface area contributed by atoms with Gasteiger partial charge in [-0.1, -0.05) is 0 Å². The van der Waals surface area contributed by atoms with Gasteiger partial charge in [0.15, 0.2) is 0 Å². The van der Waals surface area contributed by atoms with Crippen LogP contribution in [0.25, 0.3) is 0 Å². The molecule has 0 aliphatic carbocycles. The predicted octanol–water partition coefficient (Wildman–Crippen LogP) is 2.63. The molecule has 0 fully saturated rings. The summed E-state index contributed by atoms with van der Waals surface area (Å²) in [5.41, 5.74) is 1.01. The number of benzene rings is 1. The van der Waals surface area contributed by atoms with Gasteiger partial charge in [0.1, 0.15) is 11.6 Å². The van der Waals surface area contributed by atoms with Crippen molar-refractivity contribution in [2.75, 3.05) is 0 Å². The molecule has 1 aromatic carbocycles. The van der Waals surface area contributed by atoms with Crippen LogP contribution in [-0.4, -0.2) is 15.9 Å². The standard InChI is InChI=1S/C15H12IN3O2/c1-9-12(7-17)14(20)19(2)15(21)13(9)8-18-11-5-3-10(16)4-6-11/h3-6,8,21H,1-2H3. The molecule has 0 saturated heterocycles. The van der Waals surface area contributed by atoms with Crippen LogP contribution >= 0.6 is 22.6 Å². The number of hydrogen-bond acceptors (Lipinski definition) is 4. The molecule has 0 bridgehead atoms. The van der Waals surface area contributed by atoms with Gasteiger partial charge in [-0.25, -0.2) is 0 Å². The average molecular weight is 393 g/mol. The summed E-state index contributed by atoms with van der Waals surface area (Å²) in [5.74, 6) is -0.203. The summed E-state index contributed by atoms with van der Waals surface area (Å²) in [4.78, 5) is 16.1. The van der Waals surface area contributed by atoms with Crippen molar-refractivity contribution in [1.29, 1.82) is 5.26 Å². The van der Waals surface area contributed by atoms with Crippen molar-refractivity contribution in [2.45, 2.75) is 6.92 Å². The number of halogens is 1. The van der Waals surface area contributed by atoms with Crippen LogP contribution in [0.2, 0.25) is 0 Å². The number of nitrogens with zero attached hydrogens (tertiary/aromatic N) is 3. The molecule has 0 saturated carbocycles. The number of hydrogen-bond donors (Lipinski definition) is 1. The second-order valence-electron chi connectivity index (χ2n) is 4.45. The summed E-state index contributed by atoms with van der Waals surface area (Å²) in [6.45, 7) is 1.62. The minimum Gasteiger partial charge on any atom is -0.494 e. The van der Waals surface area contributed by atoms with E-state index >= 15 is 0 Å². The molecule has 0 radical (unpaired) electrons. The normalized spacial score (nSPS) is 10.8. The van der Waals surface area contributed by atoms with Gasteiger partial charge in [0, 0.05) is 16.8 Å². The molecule has 5 nitrogen and oxygen atoms in total. The third kappa shape index (κ3) is 2.97. The zero-order chi connectivity index (χ0) is 15.6. The number of aromatic nitrogens is 1. The van der Waals surface area contributed by atoms with E-state index in [1.165, 1.54) is 13.3 Å². The molecule has 21 heavy (non-hydrogen) atoms. The minimum atomic E-state index is -0.515. The molecule has 0 aliphatic heterocycles. The van der Waals surface area contributed by atoms with Crippen molar-refractivity contribution in [1.82, 2.24) is 4.57 Å². The van der Waals surface area contributed by atoms with Gasteiger partial charge in [-0.3, -0.25) is 14.4 Å². The van der Waals surface area contributed by atoms with Gasteiger partial charge in [0.2, 0.25) is 5.88 Å². The Morgan fingerprint density at radius 3 is 2.57 bits per heavy atom. The van der Waals surface area contributed by atoms with Gasteiger partial charge < -0.3 is 5.11 Å². The molecule has 6 heteroatoms. The van der Waals surface area contributed by atoms with Gasteiger partial charge in [-0.15, -0.1) is 0 Å². The van der Waals surface area contributed by atoms with Gasteiger partial charge in [-0.2, -0.15) is 5.26 Å². The Bertz CT molecular complexity index is 815. The van der Waals surface area contributed by atoms with Gasteiger partial charge in [0.25, 0.3) is 5.56 Å². The van der Waals surface area contributed by atoms with Crippen molar-refractivity contribution < 1.29 is 5.11 Å². The molecule has 0 amide bonds. The van der Waals surface area contributed by atoms with Crippen LogP contribution in [0.4, 0.5) is 5.69 Å².